The molecule has 262 valence electrons. The Labute approximate surface area is 331 Å². The molecule has 12 rings (SSSR count). The van der Waals surface area contributed by atoms with Gasteiger partial charge in [0.15, 0.2) is 0 Å². The predicted octanol–water partition coefficient (Wildman–Crippen LogP) is 15.8. The molecule has 0 aliphatic rings. The Bertz CT molecular complexity index is 3330. The van der Waals surface area contributed by atoms with Crippen molar-refractivity contribution < 1.29 is 0 Å². The number of hydrogen-bond acceptors (Lipinski definition) is 3. The fourth-order valence-corrected chi connectivity index (χ4v) is 11.2. The number of rotatable bonds is 5. The second-order valence-electron chi connectivity index (χ2n) is 14.5. The summed E-state index contributed by atoms with van der Waals surface area (Å²) in [6, 6.07) is 71.4. The summed E-state index contributed by atoms with van der Waals surface area (Å²) in [6.45, 7) is 0. The summed E-state index contributed by atoms with van der Waals surface area (Å²) in [5, 5.41) is 11.6. The highest BCUT2D eigenvalue weighted by atomic mass is 32.1. The number of anilines is 3. The second kappa shape index (κ2) is 12.4. The molecule has 0 aliphatic heterocycles. The molecule has 0 atom stereocenters. The summed E-state index contributed by atoms with van der Waals surface area (Å²) >= 11 is 3.78. The Morgan fingerprint density at radius 2 is 0.875 bits per heavy atom. The molecular formula is C52H32N2S2. The lowest BCUT2D eigenvalue weighted by Crippen LogP contribution is -2.10. The van der Waals surface area contributed by atoms with Gasteiger partial charge in [-0.1, -0.05) is 121 Å². The van der Waals surface area contributed by atoms with Crippen LogP contribution >= 0.6 is 22.7 Å². The molecule has 2 nitrogen and oxygen atoms in total. The average Bonchev–Trinajstić information content (AvgIpc) is 3.96. The molecule has 12 aromatic rings. The smallest absolute Gasteiger partial charge is 0.0541 e. The number of para-hydroxylation sites is 2. The maximum Gasteiger partial charge on any atom is 0.0541 e. The zero-order valence-corrected chi connectivity index (χ0v) is 31.8. The van der Waals surface area contributed by atoms with Gasteiger partial charge in [-0.05, 0) is 89.1 Å². The van der Waals surface area contributed by atoms with Crippen LogP contribution in [0.1, 0.15) is 0 Å². The number of benzene rings is 9. The first-order valence-corrected chi connectivity index (χ1v) is 20.6. The van der Waals surface area contributed by atoms with Crippen LogP contribution in [-0.4, -0.2) is 4.57 Å². The van der Waals surface area contributed by atoms with Gasteiger partial charge < -0.3 is 9.47 Å². The summed E-state index contributed by atoms with van der Waals surface area (Å²) in [7, 11) is 0. The standard InChI is InChI=1S/C52H32N2S2/c1-2-11-37(12-3-1)54-47-15-7-4-10-36(47)30-48(54)35-20-24-38(25-21-35)53(39-26-18-33-22-28-43-41-13-5-8-16-49(41)55-51(43)45(33)31-39)40-27-19-34-23-29-44-42-14-6-9-17-50(42)56-52(44)46(34)32-40/h1-32H. The largest absolute Gasteiger partial charge is 0.310 e. The summed E-state index contributed by atoms with van der Waals surface area (Å²) in [5.41, 5.74) is 8.08. The fourth-order valence-electron chi connectivity index (χ4n) is 8.71. The maximum absolute atomic E-state index is 2.44. The van der Waals surface area contributed by atoms with Crippen LogP contribution in [0.15, 0.2) is 194 Å². The van der Waals surface area contributed by atoms with E-state index in [1.165, 1.54) is 84.0 Å². The first-order chi connectivity index (χ1) is 27.7. The van der Waals surface area contributed by atoms with Crippen LogP contribution < -0.4 is 4.90 Å². The first-order valence-electron chi connectivity index (χ1n) is 19.0. The second-order valence-corrected chi connectivity index (χ2v) is 16.6. The Morgan fingerprint density at radius 1 is 0.357 bits per heavy atom. The zero-order chi connectivity index (χ0) is 36.7. The average molecular weight is 749 g/mol. The van der Waals surface area contributed by atoms with Gasteiger partial charge in [0.1, 0.15) is 0 Å². The first kappa shape index (κ1) is 31.6. The van der Waals surface area contributed by atoms with Crippen molar-refractivity contribution in [2.24, 2.45) is 0 Å². The van der Waals surface area contributed by atoms with Crippen LogP contribution in [0.2, 0.25) is 0 Å². The zero-order valence-electron chi connectivity index (χ0n) is 30.2. The topological polar surface area (TPSA) is 8.17 Å². The molecule has 0 fully saturated rings. The molecule has 56 heavy (non-hydrogen) atoms. The Hall–Kier alpha value is -6.72. The van der Waals surface area contributed by atoms with E-state index in [9.17, 15) is 0 Å². The maximum atomic E-state index is 2.44. The lowest BCUT2D eigenvalue weighted by atomic mass is 10.0. The number of nitrogens with zero attached hydrogens (tertiary/aromatic N) is 2. The van der Waals surface area contributed by atoms with Crippen molar-refractivity contribution in [3.05, 3.63) is 194 Å². The molecule has 0 amide bonds. The van der Waals surface area contributed by atoms with Crippen molar-refractivity contribution in [1.82, 2.24) is 4.57 Å². The van der Waals surface area contributed by atoms with Gasteiger partial charge in [0, 0.05) is 79.3 Å². The van der Waals surface area contributed by atoms with Gasteiger partial charge >= 0.3 is 0 Å². The van der Waals surface area contributed by atoms with Gasteiger partial charge in [-0.2, -0.15) is 0 Å². The molecular weight excluding hydrogens is 717 g/mol. The molecule has 0 bridgehead atoms. The van der Waals surface area contributed by atoms with Crippen molar-refractivity contribution in [2.45, 2.75) is 0 Å². The Balaban J connectivity index is 1.07. The molecule has 3 aromatic heterocycles. The third-order valence-electron chi connectivity index (χ3n) is 11.4. The van der Waals surface area contributed by atoms with Crippen molar-refractivity contribution in [3.63, 3.8) is 0 Å². The normalized spacial score (nSPS) is 11.9. The van der Waals surface area contributed by atoms with Crippen molar-refractivity contribution in [1.29, 1.82) is 0 Å². The van der Waals surface area contributed by atoms with Crippen LogP contribution in [0.3, 0.4) is 0 Å². The minimum atomic E-state index is 1.11. The van der Waals surface area contributed by atoms with Crippen LogP contribution in [0.25, 0.3) is 89.7 Å². The van der Waals surface area contributed by atoms with Gasteiger partial charge in [0.2, 0.25) is 0 Å². The van der Waals surface area contributed by atoms with Crippen molar-refractivity contribution in [3.8, 4) is 16.9 Å². The minimum absolute atomic E-state index is 1.11. The summed E-state index contributed by atoms with van der Waals surface area (Å²) in [4.78, 5) is 2.44. The summed E-state index contributed by atoms with van der Waals surface area (Å²) in [6.07, 6.45) is 0. The lowest BCUT2D eigenvalue weighted by Gasteiger charge is -2.26. The van der Waals surface area contributed by atoms with Crippen LogP contribution in [0.5, 0.6) is 0 Å². The van der Waals surface area contributed by atoms with Crippen LogP contribution in [0.4, 0.5) is 17.1 Å². The number of fused-ring (bicyclic) bond motifs is 11. The van der Waals surface area contributed by atoms with Gasteiger partial charge in [-0.15, -0.1) is 22.7 Å². The number of thiophene rings is 2. The van der Waals surface area contributed by atoms with Gasteiger partial charge in [-0.3, -0.25) is 0 Å². The van der Waals surface area contributed by atoms with E-state index in [1.54, 1.807) is 0 Å². The minimum Gasteiger partial charge on any atom is -0.310 e. The molecule has 9 aromatic carbocycles. The third-order valence-corrected chi connectivity index (χ3v) is 13.8. The highest BCUT2D eigenvalue weighted by Gasteiger charge is 2.19. The fraction of sp³-hybridized carbons (Fsp3) is 0. The molecule has 0 saturated carbocycles. The van der Waals surface area contributed by atoms with Crippen LogP contribution in [-0.2, 0) is 0 Å². The van der Waals surface area contributed by atoms with E-state index < -0.39 is 0 Å². The van der Waals surface area contributed by atoms with E-state index in [1.807, 2.05) is 22.7 Å². The monoisotopic (exact) mass is 748 g/mol. The predicted molar refractivity (Wildman–Crippen MR) is 244 cm³/mol. The number of hydrogen-bond donors (Lipinski definition) is 0. The van der Waals surface area contributed by atoms with E-state index in [0.717, 1.165) is 22.7 Å². The van der Waals surface area contributed by atoms with E-state index in [0.29, 0.717) is 0 Å². The van der Waals surface area contributed by atoms with Gasteiger partial charge in [-0.25, -0.2) is 0 Å². The number of aromatic nitrogens is 1. The molecule has 0 N–H and O–H groups in total. The molecule has 0 spiro atoms. The molecule has 0 radical (unpaired) electrons. The van der Waals surface area contributed by atoms with E-state index in [4.69, 9.17) is 0 Å². The molecule has 3 heterocycles. The lowest BCUT2D eigenvalue weighted by molar-refractivity contribution is 1.13. The Morgan fingerprint density at radius 3 is 1.50 bits per heavy atom. The molecule has 0 saturated heterocycles. The summed E-state index contributed by atoms with van der Waals surface area (Å²) < 4.78 is 7.69. The summed E-state index contributed by atoms with van der Waals surface area (Å²) in [5.74, 6) is 0. The molecule has 4 heteroatoms. The van der Waals surface area contributed by atoms with Crippen molar-refractivity contribution in [2.75, 3.05) is 4.90 Å². The quantitative estimate of drug-likeness (QED) is 0.170. The highest BCUT2D eigenvalue weighted by molar-refractivity contribution is 7.27. The SMILES string of the molecule is c1ccc(-n2c(-c3ccc(N(c4ccc5ccc6c7ccccc7sc6c5c4)c4ccc5ccc6c7ccccc7sc6c5c4)cc3)cc3ccccc32)cc1. The Kier molecular flexibility index (Phi) is 7.00. The van der Waals surface area contributed by atoms with Crippen LogP contribution in [0, 0.1) is 0 Å². The molecule has 0 unspecified atom stereocenters. The van der Waals surface area contributed by atoms with E-state index in [-0.39, 0.29) is 0 Å². The van der Waals surface area contributed by atoms with Crippen molar-refractivity contribution >= 4 is 113 Å². The van der Waals surface area contributed by atoms with Gasteiger partial charge in [0.25, 0.3) is 0 Å². The molecule has 0 aliphatic carbocycles. The van der Waals surface area contributed by atoms with E-state index >= 15 is 0 Å². The third kappa shape index (κ3) is 4.86. The van der Waals surface area contributed by atoms with E-state index in [2.05, 4.69) is 204 Å². The van der Waals surface area contributed by atoms with Gasteiger partial charge in [0.05, 0.1) is 11.2 Å². The highest BCUT2D eigenvalue weighted by Crippen LogP contribution is 2.45.